The number of hydrogen-bond donors (Lipinski definition) is 0. The van der Waals surface area contributed by atoms with E-state index in [1.165, 1.54) is 11.1 Å². The van der Waals surface area contributed by atoms with E-state index in [1.54, 1.807) is 14.2 Å². The van der Waals surface area contributed by atoms with Crippen molar-refractivity contribution in [2.45, 2.75) is 52.5 Å². The largest absolute Gasteiger partial charge is 0.493 e. The van der Waals surface area contributed by atoms with Gasteiger partial charge in [0.1, 0.15) is 12.4 Å². The van der Waals surface area contributed by atoms with Gasteiger partial charge >= 0.3 is 0 Å². The first-order valence-corrected chi connectivity index (χ1v) is 11.1. The molecule has 1 amide bonds. The first-order chi connectivity index (χ1) is 14.8. The summed E-state index contributed by atoms with van der Waals surface area (Å²) in [6.07, 6.45) is 1.32. The highest BCUT2D eigenvalue weighted by atomic mass is 16.5. The van der Waals surface area contributed by atoms with E-state index in [0.717, 1.165) is 17.7 Å². The first-order valence-electron chi connectivity index (χ1n) is 11.1. The van der Waals surface area contributed by atoms with Crippen molar-refractivity contribution >= 4 is 5.91 Å². The number of methoxy groups -OCH3 is 2. The summed E-state index contributed by atoms with van der Waals surface area (Å²) >= 11 is 0. The van der Waals surface area contributed by atoms with E-state index in [4.69, 9.17) is 14.2 Å². The molecule has 0 saturated heterocycles. The van der Waals surface area contributed by atoms with Gasteiger partial charge in [-0.2, -0.15) is 0 Å². The van der Waals surface area contributed by atoms with E-state index in [0.29, 0.717) is 42.9 Å². The van der Waals surface area contributed by atoms with Gasteiger partial charge in [0.15, 0.2) is 11.5 Å². The zero-order valence-electron chi connectivity index (χ0n) is 19.6. The Hall–Kier alpha value is -2.69. The minimum Gasteiger partial charge on any atom is -0.493 e. The molecule has 5 nitrogen and oxygen atoms in total. The molecular formula is C26H35NO4. The predicted octanol–water partition coefficient (Wildman–Crippen LogP) is 5.38. The van der Waals surface area contributed by atoms with Crippen molar-refractivity contribution in [3.05, 3.63) is 53.1 Å². The average molecular weight is 426 g/mol. The van der Waals surface area contributed by atoms with Crippen LogP contribution in [0.1, 0.15) is 62.8 Å². The van der Waals surface area contributed by atoms with Crippen LogP contribution in [-0.2, 0) is 11.2 Å². The van der Waals surface area contributed by atoms with Crippen LogP contribution in [0.2, 0.25) is 0 Å². The number of carbonyl (C=O) groups excluding carboxylic acids is 1. The zero-order chi connectivity index (χ0) is 22.5. The molecule has 1 aliphatic heterocycles. The van der Waals surface area contributed by atoms with Crippen LogP contribution in [0.5, 0.6) is 17.2 Å². The first kappa shape index (κ1) is 23.0. The van der Waals surface area contributed by atoms with Gasteiger partial charge in [-0.15, -0.1) is 0 Å². The summed E-state index contributed by atoms with van der Waals surface area (Å²) in [5, 5.41) is 0. The summed E-state index contributed by atoms with van der Waals surface area (Å²) in [5.41, 5.74) is 3.52. The van der Waals surface area contributed by atoms with Crippen molar-refractivity contribution in [1.82, 2.24) is 4.90 Å². The fourth-order valence-corrected chi connectivity index (χ4v) is 4.10. The molecule has 1 aliphatic rings. The van der Waals surface area contributed by atoms with Crippen LogP contribution < -0.4 is 14.2 Å². The third-order valence-corrected chi connectivity index (χ3v) is 5.86. The number of nitrogens with zero attached hydrogens (tertiary/aromatic N) is 1. The van der Waals surface area contributed by atoms with Gasteiger partial charge in [-0.3, -0.25) is 4.79 Å². The van der Waals surface area contributed by atoms with Crippen molar-refractivity contribution in [1.29, 1.82) is 0 Å². The standard InChI is InChI=1S/C26H35NO4/c1-17(2)13-26(28)27-12-11-20-14-24(29-5)25(30-6)15-22(20)23(27)16-31-21-9-7-19(8-10-21)18(3)4/h7-10,14-15,17-18,23H,11-13,16H2,1-6H3/t23-/m0/s1. The normalized spacial score (nSPS) is 15.7. The van der Waals surface area contributed by atoms with Crippen molar-refractivity contribution in [3.63, 3.8) is 0 Å². The molecule has 1 heterocycles. The third-order valence-electron chi connectivity index (χ3n) is 5.86. The molecule has 0 aliphatic carbocycles. The maximum atomic E-state index is 13.1. The van der Waals surface area contributed by atoms with Crippen LogP contribution >= 0.6 is 0 Å². The molecule has 0 saturated carbocycles. The second-order valence-corrected chi connectivity index (χ2v) is 8.89. The summed E-state index contributed by atoms with van der Waals surface area (Å²) in [6, 6.07) is 12.1. The topological polar surface area (TPSA) is 48.0 Å². The van der Waals surface area contributed by atoms with E-state index in [2.05, 4.69) is 39.8 Å². The lowest BCUT2D eigenvalue weighted by atomic mass is 9.91. The molecule has 0 unspecified atom stereocenters. The second kappa shape index (κ2) is 10.1. The summed E-state index contributed by atoms with van der Waals surface area (Å²) in [5.74, 6) is 3.15. The minimum atomic E-state index is -0.167. The van der Waals surface area contributed by atoms with Crippen LogP contribution in [0, 0.1) is 5.92 Å². The Kier molecular flexibility index (Phi) is 7.47. The average Bonchev–Trinajstić information content (AvgIpc) is 2.75. The van der Waals surface area contributed by atoms with Gasteiger partial charge in [0, 0.05) is 13.0 Å². The molecule has 2 aromatic rings. The molecule has 168 valence electrons. The second-order valence-electron chi connectivity index (χ2n) is 8.89. The molecular weight excluding hydrogens is 390 g/mol. The highest BCUT2D eigenvalue weighted by Gasteiger charge is 2.33. The van der Waals surface area contributed by atoms with Crippen LogP contribution in [0.4, 0.5) is 0 Å². The van der Waals surface area contributed by atoms with E-state index < -0.39 is 0 Å². The van der Waals surface area contributed by atoms with Crippen LogP contribution in [0.3, 0.4) is 0 Å². The SMILES string of the molecule is COc1cc2c(cc1OC)[C@H](COc1ccc(C(C)C)cc1)N(C(=O)CC(C)C)CC2. The molecule has 0 N–H and O–H groups in total. The molecule has 31 heavy (non-hydrogen) atoms. The van der Waals surface area contributed by atoms with Gasteiger partial charge < -0.3 is 19.1 Å². The lowest BCUT2D eigenvalue weighted by Gasteiger charge is -2.38. The van der Waals surface area contributed by atoms with Gasteiger partial charge in [-0.1, -0.05) is 39.8 Å². The molecule has 0 fully saturated rings. The predicted molar refractivity (Wildman–Crippen MR) is 123 cm³/mol. The Labute approximate surface area is 186 Å². The summed E-state index contributed by atoms with van der Waals surface area (Å²) in [4.78, 5) is 15.0. The molecule has 2 aromatic carbocycles. The van der Waals surface area contributed by atoms with Crippen molar-refractivity contribution in [2.75, 3.05) is 27.4 Å². The van der Waals surface area contributed by atoms with Gasteiger partial charge in [0.2, 0.25) is 5.91 Å². The van der Waals surface area contributed by atoms with E-state index in [-0.39, 0.29) is 11.9 Å². The Morgan fingerprint density at radius 1 is 1.03 bits per heavy atom. The summed E-state index contributed by atoms with van der Waals surface area (Å²) in [7, 11) is 3.28. The number of ether oxygens (including phenoxy) is 3. The number of carbonyl (C=O) groups is 1. The Morgan fingerprint density at radius 3 is 2.26 bits per heavy atom. The van der Waals surface area contributed by atoms with Gasteiger partial charge in [0.25, 0.3) is 0 Å². The number of rotatable bonds is 8. The maximum Gasteiger partial charge on any atom is 0.223 e. The third kappa shape index (κ3) is 5.33. The molecule has 0 bridgehead atoms. The van der Waals surface area contributed by atoms with Gasteiger partial charge in [-0.25, -0.2) is 0 Å². The Morgan fingerprint density at radius 2 is 1.68 bits per heavy atom. The van der Waals surface area contributed by atoms with E-state index in [9.17, 15) is 4.79 Å². The molecule has 0 spiro atoms. The van der Waals surface area contributed by atoms with Gasteiger partial charge in [-0.05, 0) is 59.2 Å². The Bertz CT molecular complexity index is 889. The molecule has 0 radical (unpaired) electrons. The number of hydrogen-bond acceptors (Lipinski definition) is 4. The van der Waals surface area contributed by atoms with Crippen molar-refractivity contribution in [3.8, 4) is 17.2 Å². The molecule has 1 atom stereocenters. The lowest BCUT2D eigenvalue weighted by molar-refractivity contribution is -0.135. The highest BCUT2D eigenvalue weighted by Crippen LogP contribution is 2.39. The van der Waals surface area contributed by atoms with Crippen LogP contribution in [0.15, 0.2) is 36.4 Å². The number of fused-ring (bicyclic) bond motifs is 1. The smallest absolute Gasteiger partial charge is 0.223 e. The number of amides is 1. The fraction of sp³-hybridized carbons (Fsp3) is 0.500. The maximum absolute atomic E-state index is 13.1. The summed E-state index contributed by atoms with van der Waals surface area (Å²) in [6.45, 7) is 9.57. The quantitative estimate of drug-likeness (QED) is 0.570. The fourth-order valence-electron chi connectivity index (χ4n) is 4.10. The van der Waals surface area contributed by atoms with E-state index >= 15 is 0 Å². The Balaban J connectivity index is 1.90. The molecule has 3 rings (SSSR count). The van der Waals surface area contributed by atoms with Crippen molar-refractivity contribution in [2.24, 2.45) is 5.92 Å². The summed E-state index contributed by atoms with van der Waals surface area (Å²) < 4.78 is 17.2. The van der Waals surface area contributed by atoms with Crippen LogP contribution in [-0.4, -0.2) is 38.2 Å². The van der Waals surface area contributed by atoms with Crippen molar-refractivity contribution < 1.29 is 19.0 Å². The minimum absolute atomic E-state index is 0.166. The zero-order valence-corrected chi connectivity index (χ0v) is 19.6. The lowest BCUT2D eigenvalue weighted by Crippen LogP contribution is -2.43. The molecule has 0 aromatic heterocycles. The molecule has 5 heteroatoms. The van der Waals surface area contributed by atoms with Crippen LogP contribution in [0.25, 0.3) is 0 Å². The monoisotopic (exact) mass is 425 g/mol. The van der Waals surface area contributed by atoms with Gasteiger partial charge in [0.05, 0.1) is 20.3 Å². The highest BCUT2D eigenvalue weighted by molar-refractivity contribution is 5.77. The van der Waals surface area contributed by atoms with E-state index in [1.807, 2.05) is 29.2 Å². The number of benzene rings is 2.